The Kier molecular flexibility index (Phi) is 4.86. The quantitative estimate of drug-likeness (QED) is 0.797. The van der Waals surface area contributed by atoms with E-state index in [-0.39, 0.29) is 12.1 Å². The van der Waals surface area contributed by atoms with Crippen molar-refractivity contribution in [3.8, 4) is 5.75 Å². The van der Waals surface area contributed by atoms with Gasteiger partial charge in [-0.1, -0.05) is 24.3 Å². The zero-order valence-corrected chi connectivity index (χ0v) is 16.6. The fraction of sp³-hybridized carbons (Fsp3) is 0.476. The number of benzene rings is 2. The number of carbonyl (C=O) groups is 1. The van der Waals surface area contributed by atoms with Crippen LogP contribution in [0.15, 0.2) is 36.4 Å². The van der Waals surface area contributed by atoms with Crippen molar-refractivity contribution in [3.05, 3.63) is 42.0 Å². The molecule has 152 valence electrons. The second kappa shape index (κ2) is 6.65. The molecule has 0 radical (unpaired) electrons. The Balaban J connectivity index is 2.14. The van der Waals surface area contributed by atoms with E-state index < -0.39 is 29.1 Å². The third kappa shape index (κ3) is 4.09. The van der Waals surface area contributed by atoms with Gasteiger partial charge in [-0.2, -0.15) is 13.2 Å². The first-order chi connectivity index (χ1) is 12.8. The maximum Gasteiger partial charge on any atom is 0.409 e. The molecule has 0 bridgehead atoms. The van der Waals surface area contributed by atoms with Crippen LogP contribution in [0.2, 0.25) is 0 Å². The van der Waals surface area contributed by atoms with Crippen LogP contribution in [-0.2, 0) is 4.79 Å². The van der Waals surface area contributed by atoms with Crippen LogP contribution in [0.3, 0.4) is 0 Å². The first-order valence-corrected chi connectivity index (χ1v) is 9.14. The molecule has 4 nitrogen and oxygen atoms in total. The molecule has 0 aliphatic carbocycles. The number of hydrogen-bond donors (Lipinski definition) is 1. The Morgan fingerprint density at radius 3 is 2.32 bits per heavy atom. The molecule has 0 aromatic heterocycles. The van der Waals surface area contributed by atoms with Crippen molar-refractivity contribution in [3.63, 3.8) is 0 Å². The van der Waals surface area contributed by atoms with Crippen LogP contribution in [0.25, 0.3) is 10.8 Å². The predicted molar refractivity (Wildman–Crippen MR) is 102 cm³/mol. The van der Waals surface area contributed by atoms with Crippen molar-refractivity contribution in [1.82, 2.24) is 10.4 Å². The highest BCUT2D eigenvalue weighted by Gasteiger charge is 2.51. The van der Waals surface area contributed by atoms with Gasteiger partial charge in [0, 0.05) is 11.9 Å². The molecular formula is C21H25F3N2O2. The van der Waals surface area contributed by atoms with Crippen LogP contribution >= 0.6 is 0 Å². The van der Waals surface area contributed by atoms with Gasteiger partial charge in [-0.05, 0) is 57.7 Å². The number of ether oxygens (including phenoxy) is 1. The smallest absolute Gasteiger partial charge is 0.409 e. The first kappa shape index (κ1) is 20.5. The van der Waals surface area contributed by atoms with Crippen LogP contribution in [-0.4, -0.2) is 29.2 Å². The molecule has 3 rings (SSSR count). The van der Waals surface area contributed by atoms with Gasteiger partial charge in [0.15, 0.2) is 0 Å². The van der Waals surface area contributed by atoms with Crippen molar-refractivity contribution >= 4 is 16.7 Å². The van der Waals surface area contributed by atoms with Crippen molar-refractivity contribution < 1.29 is 22.7 Å². The van der Waals surface area contributed by atoms with E-state index in [1.54, 1.807) is 26.0 Å². The second-order valence-corrected chi connectivity index (χ2v) is 8.85. The normalized spacial score (nSPS) is 18.9. The van der Waals surface area contributed by atoms with Gasteiger partial charge in [0.2, 0.25) is 5.91 Å². The summed E-state index contributed by atoms with van der Waals surface area (Å²) in [6.45, 7) is 8.75. The molecule has 28 heavy (non-hydrogen) atoms. The highest BCUT2D eigenvalue weighted by Crippen LogP contribution is 2.43. The number of halogens is 3. The standard InChI is InChI=1S/C21H25F3N2O2/c1-19(2,3)28-16-11-14(10-13-8-6-7-9-15(13)16)17(21(22,23)24)26-12-20(4,5)18(27)25-26/h6-11,17H,12H2,1-5H3,(H,25,27)/t17-/m0/s1. The molecule has 7 heteroatoms. The van der Waals surface area contributed by atoms with Crippen LogP contribution in [0.5, 0.6) is 5.75 Å². The van der Waals surface area contributed by atoms with Crippen molar-refractivity contribution in [2.24, 2.45) is 5.41 Å². The monoisotopic (exact) mass is 394 g/mol. The molecule has 1 aliphatic heterocycles. The highest BCUT2D eigenvalue weighted by molar-refractivity contribution is 5.89. The maximum absolute atomic E-state index is 14.1. The van der Waals surface area contributed by atoms with E-state index in [1.165, 1.54) is 12.1 Å². The molecule has 0 spiro atoms. The molecule has 1 atom stereocenters. The van der Waals surface area contributed by atoms with Gasteiger partial charge in [-0.25, -0.2) is 5.01 Å². The molecule has 1 N–H and O–H groups in total. The summed E-state index contributed by atoms with van der Waals surface area (Å²) in [6.07, 6.45) is -4.57. The number of carbonyl (C=O) groups excluding carboxylic acids is 1. The maximum atomic E-state index is 14.1. The van der Waals surface area contributed by atoms with Gasteiger partial charge in [0.25, 0.3) is 0 Å². The molecule has 2 aromatic rings. The minimum Gasteiger partial charge on any atom is -0.487 e. The van der Waals surface area contributed by atoms with Crippen molar-refractivity contribution in [2.45, 2.75) is 52.4 Å². The fourth-order valence-corrected chi connectivity index (χ4v) is 3.39. The third-order valence-electron chi connectivity index (χ3n) is 4.63. The second-order valence-electron chi connectivity index (χ2n) is 8.85. The summed E-state index contributed by atoms with van der Waals surface area (Å²) >= 11 is 0. The number of nitrogens with zero attached hydrogens (tertiary/aromatic N) is 1. The zero-order valence-electron chi connectivity index (χ0n) is 16.6. The molecule has 2 aromatic carbocycles. The lowest BCUT2D eigenvalue weighted by molar-refractivity contribution is -0.191. The van der Waals surface area contributed by atoms with Gasteiger partial charge < -0.3 is 4.74 Å². The lowest BCUT2D eigenvalue weighted by Crippen LogP contribution is -2.43. The van der Waals surface area contributed by atoms with Crippen molar-refractivity contribution in [1.29, 1.82) is 0 Å². The number of nitrogens with one attached hydrogen (secondary N) is 1. The summed E-state index contributed by atoms with van der Waals surface area (Å²) in [7, 11) is 0. The molecule has 1 fully saturated rings. The Morgan fingerprint density at radius 1 is 1.14 bits per heavy atom. The Morgan fingerprint density at radius 2 is 1.79 bits per heavy atom. The van der Waals surface area contributed by atoms with Crippen LogP contribution in [0.1, 0.15) is 46.2 Å². The largest absolute Gasteiger partial charge is 0.487 e. The number of rotatable bonds is 3. The Bertz CT molecular complexity index is 901. The van der Waals surface area contributed by atoms with E-state index in [1.807, 2.05) is 32.9 Å². The molecule has 0 saturated carbocycles. The Hall–Kier alpha value is -2.28. The SMILES string of the molecule is CC(C)(C)Oc1cc([C@H](N2CC(C)(C)C(=O)N2)C(F)(F)F)cc2ccccc12. The molecule has 1 saturated heterocycles. The van der Waals surface area contributed by atoms with E-state index in [2.05, 4.69) is 5.43 Å². The number of hydrazine groups is 1. The Labute approximate surface area is 162 Å². The number of hydrogen-bond acceptors (Lipinski definition) is 3. The average molecular weight is 394 g/mol. The summed E-state index contributed by atoms with van der Waals surface area (Å²) in [6, 6.07) is 8.16. The van der Waals surface area contributed by atoms with E-state index in [9.17, 15) is 18.0 Å². The van der Waals surface area contributed by atoms with Crippen LogP contribution in [0.4, 0.5) is 13.2 Å². The van der Waals surface area contributed by atoms with Gasteiger partial charge >= 0.3 is 6.18 Å². The lowest BCUT2D eigenvalue weighted by atomic mass is 9.93. The first-order valence-electron chi connectivity index (χ1n) is 9.14. The van der Waals surface area contributed by atoms with Crippen molar-refractivity contribution in [2.75, 3.05) is 6.54 Å². The molecule has 1 aliphatic rings. The molecule has 0 unspecified atom stereocenters. The number of amides is 1. The minimum atomic E-state index is -4.57. The summed E-state index contributed by atoms with van der Waals surface area (Å²) in [5, 5.41) is 2.37. The van der Waals surface area contributed by atoms with Gasteiger partial charge in [0.1, 0.15) is 17.4 Å². The van der Waals surface area contributed by atoms with E-state index >= 15 is 0 Å². The summed E-state index contributed by atoms with van der Waals surface area (Å²) in [4.78, 5) is 12.1. The van der Waals surface area contributed by atoms with Gasteiger partial charge in [-0.15, -0.1) is 0 Å². The van der Waals surface area contributed by atoms with Crippen LogP contribution in [0, 0.1) is 5.41 Å². The summed E-state index contributed by atoms with van der Waals surface area (Å²) in [5.41, 5.74) is 0.961. The minimum absolute atomic E-state index is 0.0310. The third-order valence-corrected chi connectivity index (χ3v) is 4.63. The fourth-order valence-electron chi connectivity index (χ4n) is 3.39. The molecule has 1 amide bonds. The lowest BCUT2D eigenvalue weighted by Gasteiger charge is -2.31. The van der Waals surface area contributed by atoms with E-state index in [0.717, 1.165) is 10.4 Å². The van der Waals surface area contributed by atoms with Crippen LogP contribution < -0.4 is 10.2 Å². The predicted octanol–water partition coefficient (Wildman–Crippen LogP) is 4.99. The molecular weight excluding hydrogens is 369 g/mol. The van der Waals surface area contributed by atoms with Gasteiger partial charge in [-0.3, -0.25) is 10.2 Å². The average Bonchev–Trinajstić information content (AvgIpc) is 2.77. The van der Waals surface area contributed by atoms with Gasteiger partial charge in [0.05, 0.1) is 5.41 Å². The number of fused-ring (bicyclic) bond motifs is 1. The topological polar surface area (TPSA) is 41.6 Å². The summed E-state index contributed by atoms with van der Waals surface area (Å²) < 4.78 is 48.2. The highest BCUT2D eigenvalue weighted by atomic mass is 19.4. The molecule has 1 heterocycles. The van der Waals surface area contributed by atoms with E-state index in [4.69, 9.17) is 4.74 Å². The van der Waals surface area contributed by atoms with E-state index in [0.29, 0.717) is 11.1 Å². The number of alkyl halides is 3. The zero-order chi connectivity index (χ0) is 20.9. The summed E-state index contributed by atoms with van der Waals surface area (Å²) in [5.74, 6) is -0.0339.